The summed E-state index contributed by atoms with van der Waals surface area (Å²) in [5.41, 5.74) is 0. The van der Waals surface area contributed by atoms with Crippen LogP contribution in [0.1, 0.15) is 6.42 Å². The van der Waals surface area contributed by atoms with Gasteiger partial charge in [-0.2, -0.15) is 35.1 Å². The fraction of sp³-hybridized carbons (Fsp3) is 1.00. The lowest BCUT2D eigenvalue weighted by atomic mass is 10.1. The molecule has 1 unspecified atom stereocenters. The van der Waals surface area contributed by atoms with E-state index in [4.69, 9.17) is 0 Å². The zero-order valence-corrected chi connectivity index (χ0v) is 7.22. The van der Waals surface area contributed by atoms with Gasteiger partial charge in [-0.15, -0.1) is 0 Å². The van der Waals surface area contributed by atoms with Crippen LogP contribution in [0.15, 0.2) is 0 Å². The molecule has 0 heterocycles. The van der Waals surface area contributed by atoms with Gasteiger partial charge in [0.1, 0.15) is 6.10 Å². The highest BCUT2D eigenvalue weighted by molar-refractivity contribution is 4.86. The topological polar surface area (TPSA) is 9.23 Å². The summed E-state index contributed by atoms with van der Waals surface area (Å²) >= 11 is 0. The second-order valence-electron chi connectivity index (χ2n) is 2.66. The highest BCUT2D eigenvalue weighted by Gasteiger charge is 2.64. The van der Waals surface area contributed by atoms with Gasteiger partial charge in [-0.3, -0.25) is 0 Å². The van der Waals surface area contributed by atoms with E-state index >= 15 is 0 Å². The highest BCUT2D eigenvalue weighted by Crippen LogP contribution is 2.42. The molecule has 0 N–H and O–H groups in total. The molecule has 0 aliphatic carbocycles. The summed E-state index contributed by atoms with van der Waals surface area (Å²) in [5, 5.41) is 0. The van der Waals surface area contributed by atoms with Crippen molar-refractivity contribution in [3.05, 3.63) is 0 Å². The first kappa shape index (κ1) is 14.4. The normalized spacial score (nSPS) is 16.6. The van der Waals surface area contributed by atoms with E-state index in [2.05, 4.69) is 4.74 Å². The van der Waals surface area contributed by atoms with Crippen molar-refractivity contribution >= 4 is 0 Å². The van der Waals surface area contributed by atoms with Crippen molar-refractivity contribution in [2.75, 3.05) is 7.11 Å². The van der Waals surface area contributed by atoms with E-state index in [1.54, 1.807) is 0 Å². The van der Waals surface area contributed by atoms with Crippen LogP contribution in [0.3, 0.4) is 0 Å². The molecule has 1 nitrogen and oxygen atoms in total. The van der Waals surface area contributed by atoms with Gasteiger partial charge in [0.25, 0.3) is 0 Å². The molecule has 0 aliphatic heterocycles. The molecule has 9 heteroatoms. The van der Waals surface area contributed by atoms with E-state index < -0.39 is 30.8 Å². The van der Waals surface area contributed by atoms with E-state index in [0.717, 1.165) is 0 Å². The van der Waals surface area contributed by atoms with Gasteiger partial charge in [0.15, 0.2) is 0 Å². The second kappa shape index (κ2) is 4.11. The molecule has 0 radical (unpaired) electrons. The molecular formula is C6H6F8O. The van der Waals surface area contributed by atoms with Crippen LogP contribution in [0.5, 0.6) is 0 Å². The average Bonchev–Trinajstić information content (AvgIpc) is 1.95. The van der Waals surface area contributed by atoms with Crippen LogP contribution < -0.4 is 0 Å². The predicted octanol–water partition coefficient (Wildman–Crippen LogP) is 3.15. The van der Waals surface area contributed by atoms with Crippen LogP contribution >= 0.6 is 0 Å². The number of halogens is 8. The zero-order valence-electron chi connectivity index (χ0n) is 7.22. The van der Waals surface area contributed by atoms with Crippen molar-refractivity contribution in [3.63, 3.8) is 0 Å². The van der Waals surface area contributed by atoms with Gasteiger partial charge in [-0.05, 0) is 0 Å². The van der Waals surface area contributed by atoms with Crippen LogP contribution in [0, 0.1) is 0 Å². The van der Waals surface area contributed by atoms with Crippen LogP contribution in [0.25, 0.3) is 0 Å². The maximum Gasteiger partial charge on any atom is 0.456 e. The van der Waals surface area contributed by atoms with Crippen molar-refractivity contribution in [2.24, 2.45) is 0 Å². The largest absolute Gasteiger partial charge is 0.456 e. The number of ether oxygens (including phenoxy) is 1. The minimum absolute atomic E-state index is 0.357. The van der Waals surface area contributed by atoms with Crippen LogP contribution in [0.4, 0.5) is 35.1 Å². The Morgan fingerprint density at radius 1 is 0.933 bits per heavy atom. The predicted molar refractivity (Wildman–Crippen MR) is 32.5 cm³/mol. The molecular weight excluding hydrogens is 240 g/mol. The molecule has 0 saturated heterocycles. The summed E-state index contributed by atoms with van der Waals surface area (Å²) in [4.78, 5) is 0. The lowest BCUT2D eigenvalue weighted by Crippen LogP contribution is -2.49. The fourth-order valence-electron chi connectivity index (χ4n) is 0.752. The third kappa shape index (κ3) is 3.80. The molecule has 1 atom stereocenters. The van der Waals surface area contributed by atoms with Crippen molar-refractivity contribution < 1.29 is 39.9 Å². The lowest BCUT2D eigenvalue weighted by molar-refractivity contribution is -0.326. The molecule has 15 heavy (non-hydrogen) atoms. The monoisotopic (exact) mass is 246 g/mol. The molecule has 0 spiro atoms. The molecule has 92 valence electrons. The Hall–Kier alpha value is -0.600. The second-order valence-corrected chi connectivity index (χ2v) is 2.66. The molecule has 0 aromatic carbocycles. The Labute approximate surface area is 79.0 Å². The SMILES string of the molecule is COC(CC(F)(F)F)C(F)(F)C(F)(F)F. The Bertz CT molecular complexity index is 204. The Balaban J connectivity index is 4.82. The smallest absolute Gasteiger partial charge is 0.374 e. The first-order valence-corrected chi connectivity index (χ1v) is 3.46. The summed E-state index contributed by atoms with van der Waals surface area (Å²) in [6, 6.07) is 0. The van der Waals surface area contributed by atoms with Crippen molar-refractivity contribution in [2.45, 2.75) is 30.8 Å². The first-order valence-electron chi connectivity index (χ1n) is 3.46. The fourth-order valence-corrected chi connectivity index (χ4v) is 0.752. The Morgan fingerprint density at radius 2 is 1.33 bits per heavy atom. The highest BCUT2D eigenvalue weighted by atomic mass is 19.4. The van der Waals surface area contributed by atoms with Crippen LogP contribution in [-0.2, 0) is 4.74 Å². The number of alkyl halides is 8. The van der Waals surface area contributed by atoms with Crippen LogP contribution in [-0.4, -0.2) is 31.5 Å². The van der Waals surface area contributed by atoms with E-state index in [9.17, 15) is 35.1 Å². The zero-order chi connectivity index (χ0) is 12.5. The number of methoxy groups -OCH3 is 1. The molecule has 0 saturated carbocycles. The number of rotatable bonds is 3. The summed E-state index contributed by atoms with van der Waals surface area (Å²) in [6.45, 7) is 0. The summed E-state index contributed by atoms with van der Waals surface area (Å²) in [7, 11) is 0.357. The van der Waals surface area contributed by atoms with E-state index in [1.165, 1.54) is 0 Å². The van der Waals surface area contributed by atoms with Crippen molar-refractivity contribution in [1.29, 1.82) is 0 Å². The van der Waals surface area contributed by atoms with E-state index in [1.807, 2.05) is 0 Å². The molecule has 0 fully saturated rings. The van der Waals surface area contributed by atoms with Crippen molar-refractivity contribution in [3.8, 4) is 0 Å². The molecule has 0 bridgehead atoms. The molecule has 0 aromatic rings. The minimum atomic E-state index is -6.07. The molecule has 0 aliphatic rings. The summed E-state index contributed by atoms with van der Waals surface area (Å²) in [5.74, 6) is -5.53. The Kier molecular flexibility index (Phi) is 3.94. The molecule has 0 amide bonds. The van der Waals surface area contributed by atoms with Gasteiger partial charge < -0.3 is 4.74 Å². The summed E-state index contributed by atoms with van der Waals surface area (Å²) < 4.78 is 98.1. The maximum atomic E-state index is 12.4. The van der Waals surface area contributed by atoms with Crippen molar-refractivity contribution in [1.82, 2.24) is 0 Å². The van der Waals surface area contributed by atoms with Gasteiger partial charge in [-0.1, -0.05) is 0 Å². The first-order chi connectivity index (χ1) is 6.42. The van der Waals surface area contributed by atoms with Crippen LogP contribution in [0.2, 0.25) is 0 Å². The van der Waals surface area contributed by atoms with E-state index in [-0.39, 0.29) is 0 Å². The third-order valence-corrected chi connectivity index (χ3v) is 1.48. The molecule has 0 aromatic heterocycles. The number of hydrogen-bond donors (Lipinski definition) is 0. The van der Waals surface area contributed by atoms with Gasteiger partial charge >= 0.3 is 18.3 Å². The molecule has 0 rings (SSSR count). The van der Waals surface area contributed by atoms with Gasteiger partial charge in [-0.25, -0.2) is 0 Å². The quantitative estimate of drug-likeness (QED) is 0.695. The number of hydrogen-bond acceptors (Lipinski definition) is 1. The van der Waals surface area contributed by atoms with E-state index in [0.29, 0.717) is 7.11 Å². The standard InChI is InChI=1S/C6H6F8O/c1-15-3(2-4(7,8)9)5(10,11)6(12,13)14/h3H,2H2,1H3. The minimum Gasteiger partial charge on any atom is -0.374 e. The van der Waals surface area contributed by atoms with Gasteiger partial charge in [0.05, 0.1) is 6.42 Å². The van der Waals surface area contributed by atoms with Gasteiger partial charge in [0, 0.05) is 7.11 Å². The van der Waals surface area contributed by atoms with Gasteiger partial charge in [0.2, 0.25) is 0 Å². The third-order valence-electron chi connectivity index (χ3n) is 1.48. The average molecular weight is 246 g/mol. The maximum absolute atomic E-state index is 12.4. The summed E-state index contributed by atoms with van der Waals surface area (Å²) in [6.07, 6.45) is -16.9. The lowest BCUT2D eigenvalue weighted by Gasteiger charge is -2.27. The Morgan fingerprint density at radius 3 is 1.53 bits per heavy atom.